The minimum Gasteiger partial charge on any atom is -0.483 e. The number of aliphatic hydroxyl groups is 1. The number of nitrogens with zero attached hydrogens (tertiary/aromatic N) is 2. The van der Waals surface area contributed by atoms with Crippen molar-refractivity contribution in [3.63, 3.8) is 0 Å². The lowest BCUT2D eigenvalue weighted by atomic mass is 10.1. The summed E-state index contributed by atoms with van der Waals surface area (Å²) in [5.41, 5.74) is 2.24. The first-order chi connectivity index (χ1) is 12.1. The summed E-state index contributed by atoms with van der Waals surface area (Å²) in [5, 5.41) is 10.4. The van der Waals surface area contributed by atoms with Crippen LogP contribution in [0.5, 0.6) is 5.75 Å². The number of benzene rings is 1. The lowest BCUT2D eigenvalue weighted by Gasteiger charge is -2.18. The van der Waals surface area contributed by atoms with Crippen molar-refractivity contribution in [2.75, 3.05) is 0 Å². The minimum absolute atomic E-state index is 0.166. The molecule has 1 aromatic carbocycles. The number of rotatable bonds is 6. The van der Waals surface area contributed by atoms with Gasteiger partial charge in [0.25, 0.3) is 0 Å². The second-order valence-electron chi connectivity index (χ2n) is 5.82. The van der Waals surface area contributed by atoms with Crippen LogP contribution in [0.1, 0.15) is 22.9 Å². The van der Waals surface area contributed by atoms with Crippen LogP contribution in [0, 0.1) is 6.92 Å². The molecule has 5 nitrogen and oxygen atoms in total. The molecular weight excluding hydrogens is 316 g/mol. The second-order valence-corrected chi connectivity index (χ2v) is 5.82. The van der Waals surface area contributed by atoms with Gasteiger partial charge < -0.3 is 14.4 Å². The van der Waals surface area contributed by atoms with Crippen molar-refractivity contribution in [3.05, 3.63) is 94.2 Å². The van der Waals surface area contributed by atoms with Gasteiger partial charge in [-0.3, -0.25) is 9.78 Å². The van der Waals surface area contributed by atoms with Crippen molar-refractivity contribution in [1.82, 2.24) is 9.55 Å². The fourth-order valence-corrected chi connectivity index (χ4v) is 2.62. The molecule has 0 aliphatic heterocycles. The van der Waals surface area contributed by atoms with E-state index in [0.29, 0.717) is 24.6 Å². The Kier molecular flexibility index (Phi) is 5.26. The first-order valence-electron chi connectivity index (χ1n) is 8.10. The monoisotopic (exact) mass is 336 g/mol. The van der Waals surface area contributed by atoms with Gasteiger partial charge in [0.1, 0.15) is 6.61 Å². The first kappa shape index (κ1) is 16.9. The molecular formula is C20H20N2O3. The van der Waals surface area contributed by atoms with Crippen LogP contribution in [0.2, 0.25) is 0 Å². The standard InChI is InChI=1S/C20H20N2O3/c1-15-20(25-14-16-6-3-2-4-7-16)18(23)9-11-22(15)13-19(24)17-8-5-10-21-12-17/h2-12,19,24H,13-14H2,1H3/t19-/m1/s1. The van der Waals surface area contributed by atoms with Gasteiger partial charge in [-0.1, -0.05) is 36.4 Å². The molecule has 0 aliphatic rings. The molecule has 0 saturated heterocycles. The summed E-state index contributed by atoms with van der Waals surface area (Å²) in [6, 6.07) is 14.8. The van der Waals surface area contributed by atoms with E-state index in [1.807, 2.05) is 47.9 Å². The lowest BCUT2D eigenvalue weighted by molar-refractivity contribution is 0.154. The van der Waals surface area contributed by atoms with Gasteiger partial charge in [-0.25, -0.2) is 0 Å². The quantitative estimate of drug-likeness (QED) is 0.752. The van der Waals surface area contributed by atoms with E-state index >= 15 is 0 Å². The van der Waals surface area contributed by atoms with Crippen LogP contribution in [0.25, 0.3) is 0 Å². The van der Waals surface area contributed by atoms with E-state index in [-0.39, 0.29) is 5.43 Å². The molecule has 1 atom stereocenters. The van der Waals surface area contributed by atoms with Gasteiger partial charge in [0.05, 0.1) is 18.3 Å². The van der Waals surface area contributed by atoms with Crippen molar-refractivity contribution >= 4 is 0 Å². The summed E-state index contributed by atoms with van der Waals surface area (Å²) >= 11 is 0. The fraction of sp³-hybridized carbons (Fsp3) is 0.200. The van der Waals surface area contributed by atoms with Gasteiger partial charge >= 0.3 is 0 Å². The third-order valence-electron chi connectivity index (χ3n) is 4.05. The van der Waals surface area contributed by atoms with E-state index < -0.39 is 6.10 Å². The van der Waals surface area contributed by atoms with Crippen molar-refractivity contribution in [2.45, 2.75) is 26.2 Å². The van der Waals surface area contributed by atoms with Crippen molar-refractivity contribution in [3.8, 4) is 5.75 Å². The highest BCUT2D eigenvalue weighted by molar-refractivity contribution is 5.28. The Balaban J connectivity index is 1.78. The maximum Gasteiger partial charge on any atom is 0.223 e. The summed E-state index contributed by atoms with van der Waals surface area (Å²) in [5.74, 6) is 0.310. The Labute approximate surface area is 146 Å². The molecule has 1 N–H and O–H groups in total. The van der Waals surface area contributed by atoms with Crippen molar-refractivity contribution in [1.29, 1.82) is 0 Å². The minimum atomic E-state index is -0.711. The molecule has 3 aromatic rings. The zero-order valence-electron chi connectivity index (χ0n) is 14.0. The van der Waals surface area contributed by atoms with Crippen LogP contribution >= 0.6 is 0 Å². The van der Waals surface area contributed by atoms with E-state index in [2.05, 4.69) is 4.98 Å². The fourth-order valence-electron chi connectivity index (χ4n) is 2.62. The Morgan fingerprint density at radius 2 is 1.96 bits per heavy atom. The number of aliphatic hydroxyl groups excluding tert-OH is 1. The molecule has 0 unspecified atom stereocenters. The molecule has 5 heteroatoms. The molecule has 0 spiro atoms. The van der Waals surface area contributed by atoms with Gasteiger partial charge in [-0.2, -0.15) is 0 Å². The number of pyridine rings is 2. The van der Waals surface area contributed by atoms with Crippen LogP contribution in [-0.2, 0) is 13.2 Å². The predicted molar refractivity (Wildman–Crippen MR) is 95.4 cm³/mol. The molecule has 2 aromatic heterocycles. The Morgan fingerprint density at radius 3 is 2.68 bits per heavy atom. The third kappa shape index (κ3) is 4.14. The average molecular weight is 336 g/mol. The van der Waals surface area contributed by atoms with Crippen LogP contribution in [0.15, 0.2) is 71.9 Å². The number of ether oxygens (including phenoxy) is 1. The van der Waals surface area contributed by atoms with Crippen LogP contribution in [-0.4, -0.2) is 14.7 Å². The summed E-state index contributed by atoms with van der Waals surface area (Å²) in [4.78, 5) is 16.2. The second kappa shape index (κ2) is 7.77. The van der Waals surface area contributed by atoms with Crippen LogP contribution in [0.3, 0.4) is 0 Å². The summed E-state index contributed by atoms with van der Waals surface area (Å²) in [7, 11) is 0. The highest BCUT2D eigenvalue weighted by Crippen LogP contribution is 2.18. The highest BCUT2D eigenvalue weighted by Gasteiger charge is 2.13. The smallest absolute Gasteiger partial charge is 0.223 e. The van der Waals surface area contributed by atoms with Gasteiger partial charge in [0.2, 0.25) is 5.43 Å². The summed E-state index contributed by atoms with van der Waals surface area (Å²) in [6.07, 6.45) is 4.26. The maximum absolute atomic E-state index is 12.2. The van der Waals surface area contributed by atoms with E-state index in [4.69, 9.17) is 4.74 Å². The van der Waals surface area contributed by atoms with E-state index in [1.165, 1.54) is 6.07 Å². The largest absolute Gasteiger partial charge is 0.483 e. The average Bonchev–Trinajstić information content (AvgIpc) is 2.65. The number of aromatic nitrogens is 2. The van der Waals surface area contributed by atoms with Gasteiger partial charge in [-0.05, 0) is 18.6 Å². The molecule has 0 aliphatic carbocycles. The highest BCUT2D eigenvalue weighted by atomic mass is 16.5. The molecule has 0 saturated carbocycles. The third-order valence-corrected chi connectivity index (χ3v) is 4.05. The number of hydrogen-bond donors (Lipinski definition) is 1. The van der Waals surface area contributed by atoms with E-state index in [0.717, 1.165) is 11.1 Å². The van der Waals surface area contributed by atoms with Crippen LogP contribution < -0.4 is 10.2 Å². The maximum atomic E-state index is 12.2. The van der Waals surface area contributed by atoms with E-state index in [1.54, 1.807) is 24.7 Å². The molecule has 2 heterocycles. The van der Waals surface area contributed by atoms with Crippen LogP contribution in [0.4, 0.5) is 0 Å². The SMILES string of the molecule is Cc1c(OCc2ccccc2)c(=O)ccn1C[C@@H](O)c1cccnc1. The molecule has 0 bridgehead atoms. The number of hydrogen-bond acceptors (Lipinski definition) is 4. The first-order valence-corrected chi connectivity index (χ1v) is 8.10. The zero-order chi connectivity index (χ0) is 17.6. The topological polar surface area (TPSA) is 64.3 Å². The van der Waals surface area contributed by atoms with Gasteiger partial charge in [-0.15, -0.1) is 0 Å². The lowest BCUT2D eigenvalue weighted by Crippen LogP contribution is -2.17. The zero-order valence-corrected chi connectivity index (χ0v) is 14.0. The Bertz CT molecular complexity index is 876. The molecule has 0 amide bonds. The molecule has 0 radical (unpaired) electrons. The molecule has 0 fully saturated rings. The molecule has 25 heavy (non-hydrogen) atoms. The van der Waals surface area contributed by atoms with Gasteiger partial charge in [0.15, 0.2) is 5.75 Å². The predicted octanol–water partition coefficient (Wildman–Crippen LogP) is 2.86. The normalized spacial score (nSPS) is 11.9. The molecule has 3 rings (SSSR count). The summed E-state index contributed by atoms with van der Waals surface area (Å²) < 4.78 is 7.57. The van der Waals surface area contributed by atoms with Crippen molar-refractivity contribution < 1.29 is 9.84 Å². The van der Waals surface area contributed by atoms with Crippen molar-refractivity contribution in [2.24, 2.45) is 0 Å². The molecule has 128 valence electrons. The van der Waals surface area contributed by atoms with Gasteiger partial charge in [0, 0.05) is 30.2 Å². The Hall–Kier alpha value is -2.92. The Morgan fingerprint density at radius 1 is 1.16 bits per heavy atom. The van der Waals surface area contributed by atoms with E-state index in [9.17, 15) is 9.90 Å². The summed E-state index contributed by atoms with van der Waals surface area (Å²) in [6.45, 7) is 2.46.